The van der Waals surface area contributed by atoms with E-state index in [1.54, 1.807) is 6.07 Å². The Morgan fingerprint density at radius 2 is 2.05 bits per heavy atom. The van der Waals surface area contributed by atoms with Crippen LogP contribution in [0.25, 0.3) is 5.57 Å². The number of methoxy groups -OCH3 is 1. The van der Waals surface area contributed by atoms with Crippen molar-refractivity contribution in [3.63, 3.8) is 0 Å². The minimum atomic E-state index is -0.403. The molecular weight excluding hydrogens is 254 g/mol. The Morgan fingerprint density at radius 3 is 2.65 bits per heavy atom. The topological polar surface area (TPSA) is 55.4 Å². The number of carbonyl (C=O) groups is 2. The predicted octanol–water partition coefficient (Wildman–Crippen LogP) is 2.40. The lowest BCUT2D eigenvalue weighted by molar-refractivity contribution is -0.134. The molecule has 0 bridgehead atoms. The van der Waals surface area contributed by atoms with Crippen molar-refractivity contribution in [2.24, 2.45) is 5.92 Å². The number of benzene rings is 1. The Hall–Kier alpha value is -2.10. The van der Waals surface area contributed by atoms with Gasteiger partial charge in [0.15, 0.2) is 0 Å². The zero-order chi connectivity index (χ0) is 14.7. The van der Waals surface area contributed by atoms with Gasteiger partial charge in [0.25, 0.3) is 5.91 Å². The van der Waals surface area contributed by atoms with Crippen LogP contribution < -0.4 is 5.32 Å². The van der Waals surface area contributed by atoms with E-state index in [-0.39, 0.29) is 17.9 Å². The smallest absolute Gasteiger partial charge is 0.330 e. The van der Waals surface area contributed by atoms with Gasteiger partial charge < -0.3 is 10.1 Å². The van der Waals surface area contributed by atoms with Crippen molar-refractivity contribution >= 4 is 17.4 Å². The highest BCUT2D eigenvalue weighted by atomic mass is 16.5. The van der Waals surface area contributed by atoms with E-state index in [1.165, 1.54) is 13.2 Å². The molecule has 2 atom stereocenters. The Labute approximate surface area is 118 Å². The average Bonchev–Trinajstić information content (AvgIpc) is 2.48. The molecule has 0 radical (unpaired) electrons. The normalized spacial score (nSPS) is 21.1. The molecule has 0 saturated heterocycles. The van der Waals surface area contributed by atoms with Crippen LogP contribution in [0.15, 0.2) is 30.3 Å². The Kier molecular flexibility index (Phi) is 4.23. The fourth-order valence-corrected chi connectivity index (χ4v) is 2.44. The summed E-state index contributed by atoms with van der Waals surface area (Å²) >= 11 is 0. The highest BCUT2D eigenvalue weighted by Gasteiger charge is 2.31. The molecule has 0 aromatic heterocycles. The van der Waals surface area contributed by atoms with Gasteiger partial charge in [0.2, 0.25) is 0 Å². The molecule has 106 valence electrons. The quantitative estimate of drug-likeness (QED) is 0.679. The first-order valence-electron chi connectivity index (χ1n) is 6.78. The van der Waals surface area contributed by atoms with Gasteiger partial charge in [-0.2, -0.15) is 0 Å². The first-order chi connectivity index (χ1) is 9.58. The van der Waals surface area contributed by atoms with E-state index in [0.29, 0.717) is 5.56 Å². The molecule has 2 unspecified atom stereocenters. The zero-order valence-electron chi connectivity index (χ0n) is 12.0. The van der Waals surface area contributed by atoms with E-state index in [9.17, 15) is 9.59 Å². The molecule has 0 fully saturated rings. The van der Waals surface area contributed by atoms with Gasteiger partial charge in [-0.05, 0) is 23.1 Å². The Morgan fingerprint density at radius 1 is 1.40 bits per heavy atom. The second kappa shape index (κ2) is 5.90. The second-order valence-corrected chi connectivity index (χ2v) is 5.01. The monoisotopic (exact) mass is 273 g/mol. The van der Waals surface area contributed by atoms with Crippen molar-refractivity contribution in [3.8, 4) is 0 Å². The van der Waals surface area contributed by atoms with E-state index in [1.807, 2.05) is 18.2 Å². The second-order valence-electron chi connectivity index (χ2n) is 5.01. The lowest BCUT2D eigenvalue weighted by Crippen LogP contribution is -2.44. The maximum absolute atomic E-state index is 12.2. The lowest BCUT2D eigenvalue weighted by atomic mass is 9.82. The van der Waals surface area contributed by atoms with Crippen molar-refractivity contribution in [3.05, 3.63) is 41.5 Å². The van der Waals surface area contributed by atoms with Crippen molar-refractivity contribution < 1.29 is 14.3 Å². The van der Waals surface area contributed by atoms with Gasteiger partial charge in [0.1, 0.15) is 0 Å². The molecule has 2 rings (SSSR count). The summed E-state index contributed by atoms with van der Waals surface area (Å²) in [7, 11) is 1.35. The van der Waals surface area contributed by atoms with Crippen molar-refractivity contribution in [2.45, 2.75) is 26.3 Å². The summed E-state index contributed by atoms with van der Waals surface area (Å²) in [4.78, 5) is 23.8. The Bertz CT molecular complexity index is 563. The molecule has 1 aliphatic heterocycles. The number of hydrogen-bond acceptors (Lipinski definition) is 3. The van der Waals surface area contributed by atoms with Crippen LogP contribution in [0, 0.1) is 5.92 Å². The number of rotatable bonds is 3. The van der Waals surface area contributed by atoms with Crippen LogP contribution in [0.5, 0.6) is 0 Å². The van der Waals surface area contributed by atoms with Gasteiger partial charge in [-0.25, -0.2) is 4.79 Å². The van der Waals surface area contributed by atoms with Crippen molar-refractivity contribution in [2.75, 3.05) is 7.11 Å². The fraction of sp³-hybridized carbons (Fsp3) is 0.375. The molecule has 0 aliphatic carbocycles. The van der Waals surface area contributed by atoms with Gasteiger partial charge in [-0.15, -0.1) is 0 Å². The van der Waals surface area contributed by atoms with Crippen LogP contribution in [0.3, 0.4) is 0 Å². The van der Waals surface area contributed by atoms with E-state index in [4.69, 9.17) is 4.74 Å². The van der Waals surface area contributed by atoms with Crippen LogP contribution in [0.1, 0.15) is 36.2 Å². The molecule has 1 aromatic rings. The number of nitrogens with one attached hydrogen (secondary N) is 1. The van der Waals surface area contributed by atoms with Gasteiger partial charge in [0.05, 0.1) is 13.2 Å². The minimum Gasteiger partial charge on any atom is -0.466 e. The third kappa shape index (κ3) is 2.59. The minimum absolute atomic E-state index is 0.0899. The molecule has 1 aromatic carbocycles. The van der Waals surface area contributed by atoms with Gasteiger partial charge in [-0.1, -0.05) is 38.5 Å². The van der Waals surface area contributed by atoms with Crippen LogP contribution in [-0.4, -0.2) is 25.0 Å². The summed E-state index contributed by atoms with van der Waals surface area (Å²) in [6, 6.07) is 7.16. The van der Waals surface area contributed by atoms with Crippen LogP contribution in [-0.2, 0) is 9.53 Å². The van der Waals surface area contributed by atoms with Crippen LogP contribution in [0.4, 0.5) is 0 Å². The first-order valence-corrected chi connectivity index (χ1v) is 6.78. The van der Waals surface area contributed by atoms with E-state index in [2.05, 4.69) is 19.2 Å². The molecule has 20 heavy (non-hydrogen) atoms. The molecule has 0 saturated carbocycles. The zero-order valence-corrected chi connectivity index (χ0v) is 12.0. The summed E-state index contributed by atoms with van der Waals surface area (Å²) in [6.07, 6.45) is 2.39. The van der Waals surface area contributed by atoms with Crippen LogP contribution in [0.2, 0.25) is 0 Å². The maximum Gasteiger partial charge on any atom is 0.330 e. The number of fused-ring (bicyclic) bond motifs is 1. The van der Waals surface area contributed by atoms with E-state index in [0.717, 1.165) is 17.6 Å². The SMILES string of the molecule is CCC(C)C1NC(=O)c2ccccc2/C1=C/C(=O)OC. The summed E-state index contributed by atoms with van der Waals surface area (Å²) in [6.45, 7) is 4.12. The molecular formula is C16H19NO3. The molecule has 1 amide bonds. The van der Waals surface area contributed by atoms with Gasteiger partial charge in [-0.3, -0.25) is 4.79 Å². The molecule has 1 aliphatic rings. The molecule has 0 spiro atoms. The highest BCUT2D eigenvalue weighted by Crippen LogP contribution is 2.31. The largest absolute Gasteiger partial charge is 0.466 e. The summed E-state index contributed by atoms with van der Waals surface area (Å²) in [5.74, 6) is -0.254. The van der Waals surface area contributed by atoms with E-state index >= 15 is 0 Å². The van der Waals surface area contributed by atoms with Crippen LogP contribution >= 0.6 is 0 Å². The third-order valence-electron chi connectivity index (χ3n) is 3.79. The summed E-state index contributed by atoms with van der Waals surface area (Å²) < 4.78 is 4.73. The predicted molar refractivity (Wildman–Crippen MR) is 77.1 cm³/mol. The van der Waals surface area contributed by atoms with Crippen molar-refractivity contribution in [1.29, 1.82) is 0 Å². The molecule has 4 heteroatoms. The average molecular weight is 273 g/mol. The number of carbonyl (C=O) groups excluding carboxylic acids is 2. The standard InChI is InChI=1S/C16H19NO3/c1-4-10(2)15-13(9-14(18)20-3)11-7-5-6-8-12(11)16(19)17-15/h5-10,15H,4H2,1-3H3,(H,17,19)/b13-9-. The maximum atomic E-state index is 12.2. The molecule has 1 N–H and O–H groups in total. The molecule has 4 nitrogen and oxygen atoms in total. The number of ether oxygens (including phenoxy) is 1. The lowest BCUT2D eigenvalue weighted by Gasteiger charge is -2.32. The highest BCUT2D eigenvalue weighted by molar-refractivity contribution is 6.06. The number of amides is 1. The fourth-order valence-electron chi connectivity index (χ4n) is 2.44. The van der Waals surface area contributed by atoms with Crippen molar-refractivity contribution in [1.82, 2.24) is 5.32 Å². The number of hydrogen-bond donors (Lipinski definition) is 1. The summed E-state index contributed by atoms with van der Waals surface area (Å²) in [5.41, 5.74) is 2.23. The summed E-state index contributed by atoms with van der Waals surface area (Å²) in [5, 5.41) is 2.99. The Balaban J connectivity index is 2.55. The number of esters is 1. The van der Waals surface area contributed by atoms with Gasteiger partial charge >= 0.3 is 5.97 Å². The molecule has 1 heterocycles. The third-order valence-corrected chi connectivity index (χ3v) is 3.79. The van der Waals surface area contributed by atoms with Gasteiger partial charge in [0, 0.05) is 11.6 Å². The first kappa shape index (κ1) is 14.3. The van der Waals surface area contributed by atoms with E-state index < -0.39 is 5.97 Å².